The first-order valence-corrected chi connectivity index (χ1v) is 9.42. The van der Waals surface area contributed by atoms with E-state index in [1.165, 1.54) is 12.8 Å². The van der Waals surface area contributed by atoms with Crippen LogP contribution in [0, 0.1) is 5.92 Å². The molecule has 1 fully saturated rings. The zero-order valence-corrected chi connectivity index (χ0v) is 16.0. The summed E-state index contributed by atoms with van der Waals surface area (Å²) in [6.07, 6.45) is 4.13. The lowest BCUT2D eigenvalue weighted by atomic mass is 10.0. The molecular formula is C21H27N3O3. The number of carbonyl (C=O) groups excluding carboxylic acids is 1. The summed E-state index contributed by atoms with van der Waals surface area (Å²) in [7, 11) is 1.63. The van der Waals surface area contributed by atoms with E-state index in [2.05, 4.69) is 22.1 Å². The zero-order valence-electron chi connectivity index (χ0n) is 16.0. The largest absolute Gasteiger partial charge is 0.497 e. The van der Waals surface area contributed by atoms with Crippen LogP contribution >= 0.6 is 0 Å². The van der Waals surface area contributed by atoms with E-state index in [-0.39, 0.29) is 5.91 Å². The molecule has 1 amide bonds. The summed E-state index contributed by atoms with van der Waals surface area (Å²) in [5.41, 5.74) is 0.627. The molecule has 1 atom stereocenters. The van der Waals surface area contributed by atoms with E-state index in [0.29, 0.717) is 24.6 Å². The summed E-state index contributed by atoms with van der Waals surface area (Å²) in [5.74, 6) is 2.96. The van der Waals surface area contributed by atoms with Gasteiger partial charge in [-0.1, -0.05) is 6.92 Å². The summed E-state index contributed by atoms with van der Waals surface area (Å²) >= 11 is 0. The Balaban J connectivity index is 1.48. The van der Waals surface area contributed by atoms with Gasteiger partial charge in [0.2, 0.25) is 0 Å². The summed E-state index contributed by atoms with van der Waals surface area (Å²) in [5, 5.41) is 2.90. The van der Waals surface area contributed by atoms with Gasteiger partial charge < -0.3 is 19.7 Å². The topological polar surface area (TPSA) is 63.7 Å². The molecule has 0 aliphatic carbocycles. The number of carbonyl (C=O) groups is 1. The van der Waals surface area contributed by atoms with Crippen molar-refractivity contribution in [1.29, 1.82) is 0 Å². The average molecular weight is 369 g/mol. The number of hydrogen-bond donors (Lipinski definition) is 1. The van der Waals surface area contributed by atoms with Crippen molar-refractivity contribution in [3.8, 4) is 11.5 Å². The standard InChI is InChI=1S/C21H27N3O3/c1-16-4-3-12-24(15-16)20-14-17(9-10-22-20)21(25)23-11-13-27-19-7-5-18(26-2)6-8-19/h5-10,14,16H,3-4,11-13,15H2,1-2H3,(H,23,25). The van der Waals surface area contributed by atoms with Crippen LogP contribution in [0.25, 0.3) is 0 Å². The number of amides is 1. The first kappa shape index (κ1) is 19.0. The number of rotatable bonds is 7. The van der Waals surface area contributed by atoms with Crippen molar-refractivity contribution >= 4 is 11.7 Å². The van der Waals surface area contributed by atoms with Gasteiger partial charge in [0, 0.05) is 24.8 Å². The minimum atomic E-state index is -0.109. The summed E-state index contributed by atoms with van der Waals surface area (Å²) in [4.78, 5) is 19.1. The fourth-order valence-corrected chi connectivity index (χ4v) is 3.24. The Labute approximate surface area is 160 Å². The second-order valence-electron chi connectivity index (χ2n) is 6.88. The van der Waals surface area contributed by atoms with E-state index in [1.54, 1.807) is 19.4 Å². The van der Waals surface area contributed by atoms with Gasteiger partial charge in [-0.25, -0.2) is 4.98 Å². The van der Waals surface area contributed by atoms with Gasteiger partial charge in [-0.2, -0.15) is 0 Å². The third kappa shape index (κ3) is 5.36. The highest BCUT2D eigenvalue weighted by Crippen LogP contribution is 2.21. The molecule has 0 bridgehead atoms. The maximum Gasteiger partial charge on any atom is 0.251 e. The van der Waals surface area contributed by atoms with Gasteiger partial charge in [-0.05, 0) is 55.2 Å². The molecule has 1 unspecified atom stereocenters. The monoisotopic (exact) mass is 369 g/mol. The number of hydrogen-bond acceptors (Lipinski definition) is 5. The van der Waals surface area contributed by atoms with Crippen LogP contribution in [0.2, 0.25) is 0 Å². The van der Waals surface area contributed by atoms with Crippen LogP contribution in [0.1, 0.15) is 30.1 Å². The van der Waals surface area contributed by atoms with Gasteiger partial charge in [0.05, 0.1) is 13.7 Å². The molecule has 2 heterocycles. The Hall–Kier alpha value is -2.76. The molecule has 2 aromatic rings. The first-order valence-electron chi connectivity index (χ1n) is 9.42. The van der Waals surface area contributed by atoms with Gasteiger partial charge >= 0.3 is 0 Å². The number of methoxy groups -OCH3 is 1. The number of benzene rings is 1. The van der Waals surface area contributed by atoms with Crippen molar-refractivity contribution in [3.05, 3.63) is 48.2 Å². The number of nitrogens with one attached hydrogen (secondary N) is 1. The predicted octanol–water partition coefficient (Wildman–Crippen LogP) is 3.14. The van der Waals surface area contributed by atoms with Crippen LogP contribution in [0.4, 0.5) is 5.82 Å². The molecule has 0 saturated carbocycles. The fraction of sp³-hybridized carbons (Fsp3) is 0.429. The number of anilines is 1. The number of ether oxygens (including phenoxy) is 2. The van der Waals surface area contributed by atoms with Crippen molar-refractivity contribution in [2.45, 2.75) is 19.8 Å². The van der Waals surface area contributed by atoms with E-state index in [4.69, 9.17) is 9.47 Å². The van der Waals surface area contributed by atoms with E-state index in [0.717, 1.165) is 30.4 Å². The van der Waals surface area contributed by atoms with Gasteiger partial charge in [-0.15, -0.1) is 0 Å². The summed E-state index contributed by atoms with van der Waals surface area (Å²) in [6.45, 7) is 5.08. The lowest BCUT2D eigenvalue weighted by molar-refractivity contribution is 0.0947. The Morgan fingerprint density at radius 3 is 2.78 bits per heavy atom. The van der Waals surface area contributed by atoms with Crippen LogP contribution in [-0.4, -0.2) is 44.2 Å². The van der Waals surface area contributed by atoms with Crippen LogP contribution in [-0.2, 0) is 0 Å². The van der Waals surface area contributed by atoms with Crippen molar-refractivity contribution in [2.24, 2.45) is 5.92 Å². The second-order valence-corrected chi connectivity index (χ2v) is 6.88. The van der Waals surface area contributed by atoms with Crippen molar-refractivity contribution in [3.63, 3.8) is 0 Å². The third-order valence-electron chi connectivity index (χ3n) is 4.70. The minimum Gasteiger partial charge on any atom is -0.497 e. The number of aromatic nitrogens is 1. The van der Waals surface area contributed by atoms with E-state index >= 15 is 0 Å². The zero-order chi connectivity index (χ0) is 19.1. The molecule has 1 saturated heterocycles. The highest BCUT2D eigenvalue weighted by Gasteiger charge is 2.18. The molecule has 1 N–H and O–H groups in total. The molecule has 3 rings (SSSR count). The maximum atomic E-state index is 12.4. The second kappa shape index (κ2) is 9.26. The molecule has 144 valence electrons. The number of pyridine rings is 1. The van der Waals surface area contributed by atoms with Crippen LogP contribution in [0.15, 0.2) is 42.6 Å². The Kier molecular flexibility index (Phi) is 6.52. The molecule has 0 radical (unpaired) electrons. The first-order chi connectivity index (χ1) is 13.2. The quantitative estimate of drug-likeness (QED) is 0.760. The number of piperidine rings is 1. The Morgan fingerprint density at radius 2 is 2.04 bits per heavy atom. The molecule has 6 heteroatoms. The maximum absolute atomic E-state index is 12.4. The molecular weight excluding hydrogens is 342 g/mol. The van der Waals surface area contributed by atoms with Crippen molar-refractivity contribution in [2.75, 3.05) is 38.3 Å². The molecule has 0 spiro atoms. The minimum absolute atomic E-state index is 0.109. The molecule has 1 aromatic carbocycles. The summed E-state index contributed by atoms with van der Waals surface area (Å²) < 4.78 is 10.7. The number of nitrogens with zero attached hydrogens (tertiary/aromatic N) is 2. The summed E-state index contributed by atoms with van der Waals surface area (Å²) in [6, 6.07) is 11.0. The van der Waals surface area contributed by atoms with Gasteiger partial charge in [0.1, 0.15) is 23.9 Å². The highest BCUT2D eigenvalue weighted by atomic mass is 16.5. The van der Waals surface area contributed by atoms with Gasteiger partial charge in [0.15, 0.2) is 0 Å². The van der Waals surface area contributed by atoms with Crippen LogP contribution in [0.3, 0.4) is 0 Å². The Morgan fingerprint density at radius 1 is 1.26 bits per heavy atom. The highest BCUT2D eigenvalue weighted by molar-refractivity contribution is 5.94. The molecule has 6 nitrogen and oxygen atoms in total. The lowest BCUT2D eigenvalue weighted by Gasteiger charge is -2.31. The smallest absolute Gasteiger partial charge is 0.251 e. The van der Waals surface area contributed by atoms with Crippen LogP contribution < -0.4 is 19.7 Å². The Bertz CT molecular complexity index is 749. The molecule has 27 heavy (non-hydrogen) atoms. The van der Waals surface area contributed by atoms with Crippen molar-refractivity contribution in [1.82, 2.24) is 10.3 Å². The van der Waals surface area contributed by atoms with E-state index in [9.17, 15) is 4.79 Å². The molecule has 1 aliphatic rings. The fourth-order valence-electron chi connectivity index (χ4n) is 3.24. The normalized spacial score (nSPS) is 16.7. The molecule has 1 aromatic heterocycles. The third-order valence-corrected chi connectivity index (χ3v) is 4.70. The molecule has 1 aliphatic heterocycles. The van der Waals surface area contributed by atoms with Gasteiger partial charge in [-0.3, -0.25) is 4.79 Å². The van der Waals surface area contributed by atoms with Gasteiger partial charge in [0.25, 0.3) is 5.91 Å². The van der Waals surface area contributed by atoms with Crippen LogP contribution in [0.5, 0.6) is 11.5 Å². The average Bonchev–Trinajstić information content (AvgIpc) is 2.71. The van der Waals surface area contributed by atoms with E-state index in [1.807, 2.05) is 30.3 Å². The lowest BCUT2D eigenvalue weighted by Crippen LogP contribution is -2.35. The van der Waals surface area contributed by atoms with E-state index < -0.39 is 0 Å². The van der Waals surface area contributed by atoms with Crippen molar-refractivity contribution < 1.29 is 14.3 Å². The predicted molar refractivity (Wildman–Crippen MR) is 106 cm³/mol. The SMILES string of the molecule is COc1ccc(OCCNC(=O)c2ccnc(N3CCCC(C)C3)c2)cc1.